The molecule has 0 bridgehead atoms. The third-order valence-corrected chi connectivity index (χ3v) is 4.02. The third-order valence-electron chi connectivity index (χ3n) is 2.99. The smallest absolute Gasteiger partial charge is 0.346 e. The summed E-state index contributed by atoms with van der Waals surface area (Å²) in [4.78, 5) is 11.7. The maximum atomic E-state index is 11.7. The Hall–Kier alpha value is -0.220. The number of thioether (sulfide) groups is 1. The second-order valence-corrected chi connectivity index (χ2v) is 5.57. The summed E-state index contributed by atoms with van der Waals surface area (Å²) in [6.45, 7) is 2.90. The molecular weight excluding hydrogens is 212 g/mol. The van der Waals surface area contributed by atoms with Crippen molar-refractivity contribution in [3.63, 3.8) is 0 Å². The summed E-state index contributed by atoms with van der Waals surface area (Å²) >= 11 is 1.54. The van der Waals surface area contributed by atoms with E-state index in [0.717, 1.165) is 18.6 Å². The van der Waals surface area contributed by atoms with Gasteiger partial charge in [0.2, 0.25) is 5.44 Å². The summed E-state index contributed by atoms with van der Waals surface area (Å²) in [6, 6.07) is 0. The minimum atomic E-state index is -0.359. The number of carbonyl (C=O) groups is 1. The zero-order chi connectivity index (χ0) is 10.7. The first-order valence-corrected chi connectivity index (χ1v) is 6.74. The molecule has 3 atom stereocenters. The largest absolute Gasteiger partial charge is 0.460 e. The Morgan fingerprint density at radius 3 is 3.00 bits per heavy atom. The van der Waals surface area contributed by atoms with Crippen molar-refractivity contribution >= 4 is 17.7 Å². The Kier molecular flexibility index (Phi) is 3.92. The molecule has 0 aromatic heterocycles. The predicted molar refractivity (Wildman–Crippen MR) is 59.7 cm³/mol. The maximum Gasteiger partial charge on any atom is 0.346 e. The topological polar surface area (TPSA) is 35.5 Å². The normalized spacial score (nSPS) is 36.5. The minimum absolute atomic E-state index is 0.131. The van der Waals surface area contributed by atoms with E-state index in [4.69, 9.17) is 9.47 Å². The molecule has 4 heteroatoms. The van der Waals surface area contributed by atoms with Gasteiger partial charge in [0.25, 0.3) is 0 Å². The van der Waals surface area contributed by atoms with E-state index in [1.807, 2.05) is 0 Å². The lowest BCUT2D eigenvalue weighted by atomic mass is 9.89. The van der Waals surface area contributed by atoms with Gasteiger partial charge in [-0.25, -0.2) is 4.79 Å². The van der Waals surface area contributed by atoms with Crippen molar-refractivity contribution in [1.82, 2.24) is 0 Å². The highest BCUT2D eigenvalue weighted by Gasteiger charge is 2.29. The Labute approximate surface area is 94.9 Å². The van der Waals surface area contributed by atoms with Crippen LogP contribution in [0.3, 0.4) is 0 Å². The number of rotatable bonds is 2. The molecule has 0 aromatic carbocycles. The van der Waals surface area contributed by atoms with Crippen molar-refractivity contribution in [2.75, 3.05) is 12.4 Å². The van der Waals surface area contributed by atoms with Gasteiger partial charge in [-0.3, -0.25) is 0 Å². The Balaban J connectivity index is 1.77. The summed E-state index contributed by atoms with van der Waals surface area (Å²) in [5.74, 6) is 1.42. The van der Waals surface area contributed by atoms with Crippen molar-refractivity contribution in [2.45, 2.75) is 44.1 Å². The molecule has 3 nitrogen and oxygen atoms in total. The fourth-order valence-corrected chi connectivity index (χ4v) is 2.99. The summed E-state index contributed by atoms with van der Waals surface area (Å²) in [5, 5.41) is 0. The van der Waals surface area contributed by atoms with Gasteiger partial charge < -0.3 is 9.47 Å². The number of hydrogen-bond acceptors (Lipinski definition) is 4. The van der Waals surface area contributed by atoms with Gasteiger partial charge in [-0.1, -0.05) is 13.3 Å². The van der Waals surface area contributed by atoms with Crippen LogP contribution >= 0.6 is 11.8 Å². The van der Waals surface area contributed by atoms with Crippen molar-refractivity contribution in [1.29, 1.82) is 0 Å². The van der Waals surface area contributed by atoms with Gasteiger partial charge in [0, 0.05) is 5.75 Å². The fourth-order valence-electron chi connectivity index (χ4n) is 2.20. The standard InChI is InChI=1S/C11H18O3S/c1-8-3-2-4-9(7-8)14-10(12)11-13-5-6-15-11/h8-9,11H,2-7H2,1H3/t8-,9+,11+/m1/s1. The molecule has 0 unspecified atom stereocenters. The van der Waals surface area contributed by atoms with E-state index in [1.165, 1.54) is 12.8 Å². The second-order valence-electron chi connectivity index (χ2n) is 4.40. The summed E-state index contributed by atoms with van der Waals surface area (Å²) < 4.78 is 10.7. The van der Waals surface area contributed by atoms with Crippen LogP contribution in [0.1, 0.15) is 32.6 Å². The zero-order valence-corrected chi connectivity index (χ0v) is 9.92. The average molecular weight is 230 g/mol. The van der Waals surface area contributed by atoms with E-state index in [-0.39, 0.29) is 17.5 Å². The van der Waals surface area contributed by atoms with Crippen LogP contribution in [0.2, 0.25) is 0 Å². The average Bonchev–Trinajstić information content (AvgIpc) is 2.70. The van der Waals surface area contributed by atoms with Gasteiger partial charge >= 0.3 is 5.97 Å². The lowest BCUT2D eigenvalue weighted by Gasteiger charge is -2.27. The molecule has 86 valence electrons. The molecule has 0 N–H and O–H groups in total. The van der Waals surface area contributed by atoms with Crippen molar-refractivity contribution in [3.8, 4) is 0 Å². The van der Waals surface area contributed by atoms with E-state index in [1.54, 1.807) is 11.8 Å². The maximum absolute atomic E-state index is 11.7. The monoisotopic (exact) mass is 230 g/mol. The summed E-state index contributed by atoms with van der Waals surface area (Å²) in [6.07, 6.45) is 4.61. The van der Waals surface area contributed by atoms with E-state index < -0.39 is 0 Å². The number of hydrogen-bond donors (Lipinski definition) is 0. The molecule has 2 aliphatic rings. The number of esters is 1. The highest BCUT2D eigenvalue weighted by Crippen LogP contribution is 2.28. The Morgan fingerprint density at radius 2 is 2.33 bits per heavy atom. The quantitative estimate of drug-likeness (QED) is 0.681. The molecule has 2 rings (SSSR count). The van der Waals surface area contributed by atoms with Gasteiger partial charge in [0.15, 0.2) is 0 Å². The third kappa shape index (κ3) is 3.11. The lowest BCUT2D eigenvalue weighted by Crippen LogP contribution is -2.29. The highest BCUT2D eigenvalue weighted by molar-refractivity contribution is 8.00. The van der Waals surface area contributed by atoms with Crippen LogP contribution < -0.4 is 0 Å². The van der Waals surface area contributed by atoms with Crippen LogP contribution in [-0.4, -0.2) is 29.9 Å². The number of carbonyl (C=O) groups excluding carboxylic acids is 1. The molecule has 0 amide bonds. The first-order chi connectivity index (χ1) is 7.25. The van der Waals surface area contributed by atoms with Gasteiger partial charge in [-0.15, -0.1) is 11.8 Å². The van der Waals surface area contributed by atoms with Crippen LogP contribution in [0, 0.1) is 5.92 Å². The fraction of sp³-hybridized carbons (Fsp3) is 0.909. The van der Waals surface area contributed by atoms with Crippen molar-refractivity contribution < 1.29 is 14.3 Å². The van der Waals surface area contributed by atoms with E-state index >= 15 is 0 Å². The highest BCUT2D eigenvalue weighted by atomic mass is 32.2. The minimum Gasteiger partial charge on any atom is -0.460 e. The van der Waals surface area contributed by atoms with Crippen LogP contribution in [0.5, 0.6) is 0 Å². The van der Waals surface area contributed by atoms with Gasteiger partial charge in [-0.05, 0) is 25.2 Å². The molecule has 1 saturated heterocycles. The van der Waals surface area contributed by atoms with E-state index in [2.05, 4.69) is 6.92 Å². The molecule has 0 aromatic rings. The lowest BCUT2D eigenvalue weighted by molar-refractivity contribution is -0.157. The van der Waals surface area contributed by atoms with E-state index in [9.17, 15) is 4.79 Å². The van der Waals surface area contributed by atoms with Crippen LogP contribution in [0.4, 0.5) is 0 Å². The molecule has 2 fully saturated rings. The van der Waals surface area contributed by atoms with Gasteiger partial charge in [-0.2, -0.15) is 0 Å². The Morgan fingerprint density at radius 1 is 1.47 bits per heavy atom. The van der Waals surface area contributed by atoms with Crippen LogP contribution in [0.25, 0.3) is 0 Å². The number of ether oxygens (including phenoxy) is 2. The molecular formula is C11H18O3S. The Bertz CT molecular complexity index is 226. The van der Waals surface area contributed by atoms with Gasteiger partial charge in [0.1, 0.15) is 6.10 Å². The SMILES string of the molecule is C[C@@H]1CCC[C@H](OC(=O)[C@H]2OCCS2)C1. The molecule has 1 heterocycles. The molecule has 1 aliphatic heterocycles. The zero-order valence-electron chi connectivity index (χ0n) is 9.11. The second kappa shape index (κ2) is 5.21. The molecule has 1 saturated carbocycles. The summed E-state index contributed by atoms with van der Waals surface area (Å²) in [5.41, 5.74) is -0.359. The van der Waals surface area contributed by atoms with Crippen LogP contribution in [0.15, 0.2) is 0 Å². The first-order valence-electron chi connectivity index (χ1n) is 5.69. The van der Waals surface area contributed by atoms with Crippen molar-refractivity contribution in [3.05, 3.63) is 0 Å². The van der Waals surface area contributed by atoms with Crippen LogP contribution in [-0.2, 0) is 14.3 Å². The molecule has 15 heavy (non-hydrogen) atoms. The summed E-state index contributed by atoms with van der Waals surface area (Å²) in [7, 11) is 0. The van der Waals surface area contributed by atoms with Gasteiger partial charge in [0.05, 0.1) is 6.61 Å². The predicted octanol–water partition coefficient (Wildman–Crippen LogP) is 2.20. The molecule has 0 radical (unpaired) electrons. The molecule has 1 aliphatic carbocycles. The molecule has 0 spiro atoms. The van der Waals surface area contributed by atoms with Crippen molar-refractivity contribution in [2.24, 2.45) is 5.92 Å². The van der Waals surface area contributed by atoms with E-state index in [0.29, 0.717) is 12.5 Å². The first kappa shape index (κ1) is 11.3.